The summed E-state index contributed by atoms with van der Waals surface area (Å²) in [6.07, 6.45) is -0.579. The Labute approximate surface area is 138 Å². The molecule has 0 spiro atoms. The second-order valence-electron chi connectivity index (χ2n) is 5.47. The van der Waals surface area contributed by atoms with E-state index >= 15 is 0 Å². The van der Waals surface area contributed by atoms with Gasteiger partial charge in [-0.3, -0.25) is 0 Å². The van der Waals surface area contributed by atoms with Crippen LogP contribution in [0.2, 0.25) is 10.4 Å². The van der Waals surface area contributed by atoms with Gasteiger partial charge in [0, 0.05) is 6.07 Å². The fourth-order valence-corrected chi connectivity index (χ4v) is 2.11. The van der Waals surface area contributed by atoms with E-state index in [1.165, 1.54) is 11.0 Å². The van der Waals surface area contributed by atoms with Gasteiger partial charge in [-0.2, -0.15) is 4.98 Å². The van der Waals surface area contributed by atoms with Crippen LogP contribution < -0.4 is 4.90 Å². The number of carbonyl (C=O) groups is 1. The number of nitrogens with zero attached hydrogens (tertiary/aromatic N) is 3. The van der Waals surface area contributed by atoms with Gasteiger partial charge in [0.05, 0.1) is 5.69 Å². The normalized spacial score (nSPS) is 11.1. The molecule has 1 aromatic heterocycles. The van der Waals surface area contributed by atoms with Gasteiger partial charge >= 0.3 is 6.09 Å². The van der Waals surface area contributed by atoms with Crippen molar-refractivity contribution < 1.29 is 9.53 Å². The van der Waals surface area contributed by atoms with E-state index < -0.39 is 11.7 Å². The molecule has 2 rings (SSSR count). The fraction of sp³-hybridized carbons (Fsp3) is 0.267. The van der Waals surface area contributed by atoms with Crippen LogP contribution in [0.5, 0.6) is 0 Å². The van der Waals surface area contributed by atoms with Gasteiger partial charge in [0.1, 0.15) is 16.6 Å². The number of benzene rings is 1. The summed E-state index contributed by atoms with van der Waals surface area (Å²) in [5.41, 5.74) is -0.0624. The summed E-state index contributed by atoms with van der Waals surface area (Å²) in [5.74, 6) is 0.241. The Morgan fingerprint density at radius 2 is 1.77 bits per heavy atom. The molecule has 0 saturated carbocycles. The van der Waals surface area contributed by atoms with Crippen molar-refractivity contribution in [2.24, 2.45) is 0 Å². The lowest BCUT2D eigenvalue weighted by Crippen LogP contribution is -2.34. The lowest BCUT2D eigenvalue weighted by molar-refractivity contribution is 0.0598. The van der Waals surface area contributed by atoms with Crippen LogP contribution in [-0.2, 0) is 4.74 Å². The van der Waals surface area contributed by atoms with Crippen molar-refractivity contribution >= 4 is 40.8 Å². The van der Waals surface area contributed by atoms with Gasteiger partial charge < -0.3 is 4.74 Å². The molecule has 0 radical (unpaired) electrons. The van der Waals surface area contributed by atoms with E-state index in [-0.39, 0.29) is 16.3 Å². The van der Waals surface area contributed by atoms with E-state index in [2.05, 4.69) is 9.97 Å². The number of hydrogen-bond donors (Lipinski definition) is 0. The van der Waals surface area contributed by atoms with Crippen molar-refractivity contribution in [2.75, 3.05) is 4.90 Å². The number of para-hydroxylation sites is 1. The summed E-state index contributed by atoms with van der Waals surface area (Å²) < 4.78 is 5.43. The Hall–Kier alpha value is -1.85. The van der Waals surface area contributed by atoms with Crippen LogP contribution in [0.15, 0.2) is 36.4 Å². The second kappa shape index (κ2) is 6.50. The molecule has 116 valence electrons. The predicted molar refractivity (Wildman–Crippen MR) is 86.9 cm³/mol. The highest BCUT2D eigenvalue weighted by Crippen LogP contribution is 2.28. The maximum atomic E-state index is 12.5. The molecule has 5 nitrogen and oxygen atoms in total. The maximum absolute atomic E-state index is 12.5. The third-order valence-electron chi connectivity index (χ3n) is 2.47. The molecule has 0 aliphatic rings. The smallest absolute Gasteiger partial charge is 0.420 e. The molecule has 2 aromatic rings. The maximum Gasteiger partial charge on any atom is 0.420 e. The van der Waals surface area contributed by atoms with Crippen LogP contribution >= 0.6 is 23.2 Å². The zero-order valence-electron chi connectivity index (χ0n) is 12.4. The number of anilines is 2. The topological polar surface area (TPSA) is 55.3 Å². The number of rotatable bonds is 2. The molecule has 0 aliphatic carbocycles. The van der Waals surface area contributed by atoms with Gasteiger partial charge in [0.15, 0.2) is 0 Å². The monoisotopic (exact) mass is 339 g/mol. The standard InChI is InChI=1S/C15H15Cl2N3O2/c1-15(2,3)22-14(21)20(10-7-5-4-6-8-10)12-9-11(16)18-13(17)19-12/h4-9H,1-3H3. The first-order chi connectivity index (χ1) is 10.3. The van der Waals surface area contributed by atoms with Crippen molar-refractivity contribution in [3.63, 3.8) is 0 Å². The van der Waals surface area contributed by atoms with Gasteiger partial charge in [-0.1, -0.05) is 29.8 Å². The highest BCUT2D eigenvalue weighted by atomic mass is 35.5. The third-order valence-corrected chi connectivity index (χ3v) is 2.84. The van der Waals surface area contributed by atoms with Crippen LogP contribution in [0, 0.1) is 0 Å². The number of carbonyl (C=O) groups excluding carboxylic acids is 1. The van der Waals surface area contributed by atoms with Crippen LogP contribution in [0.25, 0.3) is 0 Å². The Bertz CT molecular complexity index is 652. The summed E-state index contributed by atoms with van der Waals surface area (Å²) in [6, 6.07) is 10.4. The van der Waals surface area contributed by atoms with Gasteiger partial charge in [0.25, 0.3) is 0 Å². The minimum Gasteiger partial charge on any atom is -0.443 e. The van der Waals surface area contributed by atoms with Crippen molar-refractivity contribution in [3.8, 4) is 0 Å². The first-order valence-electron chi connectivity index (χ1n) is 6.54. The van der Waals surface area contributed by atoms with Gasteiger partial charge in [-0.05, 0) is 44.5 Å². The summed E-state index contributed by atoms with van der Waals surface area (Å²) >= 11 is 11.7. The van der Waals surface area contributed by atoms with Crippen molar-refractivity contribution in [2.45, 2.75) is 26.4 Å². The molecular formula is C15H15Cl2N3O2. The predicted octanol–water partition coefficient (Wildman–Crippen LogP) is 4.86. The third kappa shape index (κ3) is 4.32. The van der Waals surface area contributed by atoms with Crippen LogP contribution in [0.4, 0.5) is 16.3 Å². The molecule has 1 amide bonds. The highest BCUT2D eigenvalue weighted by Gasteiger charge is 2.26. The molecule has 22 heavy (non-hydrogen) atoms. The van der Waals surface area contributed by atoms with Gasteiger partial charge in [0.2, 0.25) is 5.28 Å². The summed E-state index contributed by atoms with van der Waals surface area (Å²) in [5, 5.41) is 0.0893. The first kappa shape index (κ1) is 16.5. The number of hydrogen-bond acceptors (Lipinski definition) is 4. The van der Waals surface area contributed by atoms with Crippen molar-refractivity contribution in [1.82, 2.24) is 9.97 Å². The molecule has 0 saturated heterocycles. The highest BCUT2D eigenvalue weighted by molar-refractivity contribution is 6.32. The molecule has 0 unspecified atom stereocenters. The van der Waals surface area contributed by atoms with Crippen LogP contribution in [-0.4, -0.2) is 21.7 Å². The number of halogens is 2. The molecule has 0 N–H and O–H groups in total. The van der Waals surface area contributed by atoms with E-state index in [0.717, 1.165) is 0 Å². The SMILES string of the molecule is CC(C)(C)OC(=O)N(c1ccccc1)c1cc(Cl)nc(Cl)n1. The van der Waals surface area contributed by atoms with E-state index in [0.29, 0.717) is 5.69 Å². The largest absolute Gasteiger partial charge is 0.443 e. The lowest BCUT2D eigenvalue weighted by Gasteiger charge is -2.26. The summed E-state index contributed by atoms with van der Waals surface area (Å²) in [6.45, 7) is 5.36. The quantitative estimate of drug-likeness (QED) is 0.579. The van der Waals surface area contributed by atoms with Crippen molar-refractivity contribution in [3.05, 3.63) is 46.8 Å². The number of aromatic nitrogens is 2. The molecule has 0 bridgehead atoms. The average Bonchev–Trinajstić information content (AvgIpc) is 2.36. The molecule has 0 aliphatic heterocycles. The summed E-state index contributed by atoms with van der Waals surface area (Å²) in [7, 11) is 0. The number of amides is 1. The molecule has 1 heterocycles. The zero-order valence-corrected chi connectivity index (χ0v) is 13.9. The Kier molecular flexibility index (Phi) is 4.88. The average molecular weight is 340 g/mol. The Morgan fingerprint density at radius 1 is 1.14 bits per heavy atom. The lowest BCUT2D eigenvalue weighted by atomic mass is 10.2. The number of ether oxygens (including phenoxy) is 1. The molecule has 0 fully saturated rings. The van der Waals surface area contributed by atoms with E-state index in [4.69, 9.17) is 27.9 Å². The minimum absolute atomic E-state index is 0.0491. The van der Waals surface area contributed by atoms with E-state index in [1.807, 2.05) is 6.07 Å². The van der Waals surface area contributed by atoms with Gasteiger partial charge in [-0.15, -0.1) is 0 Å². The molecule has 0 atom stereocenters. The van der Waals surface area contributed by atoms with Crippen LogP contribution in [0.1, 0.15) is 20.8 Å². The van der Waals surface area contributed by atoms with E-state index in [1.54, 1.807) is 45.0 Å². The van der Waals surface area contributed by atoms with Crippen molar-refractivity contribution in [1.29, 1.82) is 0 Å². The second-order valence-corrected chi connectivity index (χ2v) is 6.19. The van der Waals surface area contributed by atoms with Crippen LogP contribution in [0.3, 0.4) is 0 Å². The molecule has 1 aromatic carbocycles. The molecular weight excluding hydrogens is 325 g/mol. The molecule has 7 heteroatoms. The fourth-order valence-electron chi connectivity index (χ4n) is 1.71. The van der Waals surface area contributed by atoms with Gasteiger partial charge in [-0.25, -0.2) is 14.7 Å². The minimum atomic E-state index is -0.648. The van der Waals surface area contributed by atoms with E-state index in [9.17, 15) is 4.79 Å². The first-order valence-corrected chi connectivity index (χ1v) is 7.30. The summed E-state index contributed by atoms with van der Waals surface area (Å²) in [4.78, 5) is 21.7. The zero-order chi connectivity index (χ0) is 16.3. The Balaban J connectivity index is 2.48. The Morgan fingerprint density at radius 3 is 2.32 bits per heavy atom.